The molecule has 3 aromatic rings. The van der Waals surface area contributed by atoms with E-state index in [1.165, 1.54) is 6.07 Å². The van der Waals surface area contributed by atoms with Gasteiger partial charge in [0.15, 0.2) is 0 Å². The normalized spacial score (nSPS) is 13.4. The number of carbonyl (C=O) groups is 1. The highest BCUT2D eigenvalue weighted by Crippen LogP contribution is 2.27. The van der Waals surface area contributed by atoms with Crippen LogP contribution >= 0.6 is 0 Å². The lowest BCUT2D eigenvalue weighted by atomic mass is 10.1. The molecule has 29 heavy (non-hydrogen) atoms. The minimum absolute atomic E-state index is 0.00134. The number of nitro benzene ring substituents is 1. The molecule has 1 amide bonds. The van der Waals surface area contributed by atoms with Gasteiger partial charge >= 0.3 is 0 Å². The molecule has 0 spiro atoms. The fourth-order valence-electron chi connectivity index (χ4n) is 3.81. The van der Waals surface area contributed by atoms with E-state index in [0.717, 1.165) is 49.3 Å². The topological polar surface area (TPSA) is 90.1 Å². The van der Waals surface area contributed by atoms with Crippen molar-refractivity contribution in [3.05, 3.63) is 81.7 Å². The first kappa shape index (κ1) is 18.9. The molecule has 0 bridgehead atoms. The number of hydrogen-bond acceptors (Lipinski definition) is 4. The van der Waals surface area contributed by atoms with Gasteiger partial charge < -0.3 is 9.88 Å². The van der Waals surface area contributed by atoms with E-state index in [2.05, 4.69) is 9.88 Å². The summed E-state index contributed by atoms with van der Waals surface area (Å²) in [6, 6.07) is 16.3. The number of carbonyl (C=O) groups excluding carboxylic acids is 1. The third-order valence-electron chi connectivity index (χ3n) is 5.24. The van der Waals surface area contributed by atoms with E-state index in [1.807, 2.05) is 30.3 Å². The van der Waals surface area contributed by atoms with Crippen molar-refractivity contribution in [1.82, 2.24) is 14.9 Å². The molecule has 7 nitrogen and oxygen atoms in total. The summed E-state index contributed by atoms with van der Waals surface area (Å²) in [5.74, 6) is 0.509. The molecule has 4 rings (SSSR count). The van der Waals surface area contributed by atoms with Crippen LogP contribution in [0.15, 0.2) is 54.6 Å². The standard InChI is InChI=1S/C22H22N4O3/c27-22(23-15-17-11-6-7-12-18(17)26(28)29)20-19-13-5-2-8-14-25(19)21(24-20)16-9-3-1-4-10-16/h1,3-4,6-7,9-12H,2,5,8,13-15H2,(H,23,27). The molecule has 0 atom stereocenters. The first-order valence-electron chi connectivity index (χ1n) is 9.80. The lowest BCUT2D eigenvalue weighted by molar-refractivity contribution is -0.385. The number of para-hydroxylation sites is 1. The van der Waals surface area contributed by atoms with Gasteiger partial charge in [0.25, 0.3) is 11.6 Å². The van der Waals surface area contributed by atoms with Crippen molar-refractivity contribution in [3.8, 4) is 11.4 Å². The van der Waals surface area contributed by atoms with E-state index < -0.39 is 4.92 Å². The predicted molar refractivity (Wildman–Crippen MR) is 109 cm³/mol. The fourth-order valence-corrected chi connectivity index (χ4v) is 3.81. The van der Waals surface area contributed by atoms with Gasteiger partial charge in [0.2, 0.25) is 0 Å². The Balaban J connectivity index is 1.64. The number of nitrogens with one attached hydrogen (secondary N) is 1. The largest absolute Gasteiger partial charge is 0.346 e. The zero-order chi connectivity index (χ0) is 20.2. The smallest absolute Gasteiger partial charge is 0.274 e. The second-order valence-electron chi connectivity index (χ2n) is 7.13. The average molecular weight is 390 g/mol. The van der Waals surface area contributed by atoms with E-state index in [1.54, 1.807) is 18.2 Å². The lowest BCUT2D eigenvalue weighted by Gasteiger charge is -2.09. The number of amides is 1. The number of nitro groups is 1. The predicted octanol–water partition coefficient (Wildman–Crippen LogP) is 4.11. The molecule has 1 aromatic heterocycles. The van der Waals surface area contributed by atoms with Crippen LogP contribution in [-0.4, -0.2) is 20.4 Å². The molecule has 1 aliphatic heterocycles. The summed E-state index contributed by atoms with van der Waals surface area (Å²) in [4.78, 5) is 28.4. The molecular weight excluding hydrogens is 368 g/mol. The van der Waals surface area contributed by atoms with Crippen LogP contribution in [0.2, 0.25) is 0 Å². The molecular formula is C22H22N4O3. The summed E-state index contributed by atoms with van der Waals surface area (Å²) in [5, 5.41) is 14.0. The maximum absolute atomic E-state index is 13.0. The van der Waals surface area contributed by atoms with Crippen LogP contribution in [0, 0.1) is 10.1 Å². The fraction of sp³-hybridized carbons (Fsp3) is 0.273. The second kappa shape index (κ2) is 8.26. The second-order valence-corrected chi connectivity index (χ2v) is 7.13. The highest BCUT2D eigenvalue weighted by molar-refractivity contribution is 5.94. The number of benzene rings is 2. The third-order valence-corrected chi connectivity index (χ3v) is 5.24. The van der Waals surface area contributed by atoms with E-state index in [9.17, 15) is 14.9 Å². The van der Waals surface area contributed by atoms with E-state index in [4.69, 9.17) is 4.98 Å². The zero-order valence-electron chi connectivity index (χ0n) is 16.0. The van der Waals surface area contributed by atoms with Gasteiger partial charge in [-0.2, -0.15) is 0 Å². The molecule has 148 valence electrons. The van der Waals surface area contributed by atoms with Gasteiger partial charge in [0, 0.05) is 30.3 Å². The van der Waals surface area contributed by atoms with Gasteiger partial charge in [-0.25, -0.2) is 4.98 Å². The summed E-state index contributed by atoms with van der Waals surface area (Å²) >= 11 is 0. The zero-order valence-corrected chi connectivity index (χ0v) is 16.0. The van der Waals surface area contributed by atoms with Crippen LogP contribution in [0.3, 0.4) is 0 Å². The van der Waals surface area contributed by atoms with E-state index >= 15 is 0 Å². The van der Waals surface area contributed by atoms with Gasteiger partial charge in [-0.1, -0.05) is 55.0 Å². The number of fused-ring (bicyclic) bond motifs is 1. The van der Waals surface area contributed by atoms with Gasteiger partial charge in [-0.15, -0.1) is 0 Å². The highest BCUT2D eigenvalue weighted by Gasteiger charge is 2.24. The number of aromatic nitrogens is 2. The van der Waals surface area contributed by atoms with Crippen LogP contribution in [0.4, 0.5) is 5.69 Å². The van der Waals surface area contributed by atoms with Crippen molar-refractivity contribution in [2.45, 2.75) is 38.8 Å². The summed E-state index contributed by atoms with van der Waals surface area (Å²) in [6.45, 7) is 0.924. The Hall–Kier alpha value is -3.48. The quantitative estimate of drug-likeness (QED) is 0.524. The van der Waals surface area contributed by atoms with Crippen molar-refractivity contribution in [2.75, 3.05) is 0 Å². The number of imidazole rings is 1. The van der Waals surface area contributed by atoms with Gasteiger partial charge in [-0.05, 0) is 19.3 Å². The SMILES string of the molecule is O=C(NCc1ccccc1[N+](=O)[O-])c1nc(-c2ccccc2)n2c1CCCCC2. The maximum atomic E-state index is 13.0. The van der Waals surface area contributed by atoms with Gasteiger partial charge in [0.05, 0.1) is 10.6 Å². The summed E-state index contributed by atoms with van der Waals surface area (Å²) in [7, 11) is 0. The Morgan fingerprint density at radius 2 is 1.83 bits per heavy atom. The van der Waals surface area contributed by atoms with Crippen molar-refractivity contribution in [3.63, 3.8) is 0 Å². The van der Waals surface area contributed by atoms with Crippen LogP contribution in [0.25, 0.3) is 11.4 Å². The Morgan fingerprint density at radius 3 is 2.62 bits per heavy atom. The van der Waals surface area contributed by atoms with Crippen LogP contribution in [-0.2, 0) is 19.5 Å². The number of rotatable bonds is 5. The van der Waals surface area contributed by atoms with Crippen LogP contribution in [0.5, 0.6) is 0 Å². The molecule has 0 radical (unpaired) electrons. The summed E-state index contributed by atoms with van der Waals surface area (Å²) in [6.07, 6.45) is 3.99. The molecule has 2 heterocycles. The van der Waals surface area contributed by atoms with E-state index in [-0.39, 0.29) is 18.1 Å². The molecule has 0 saturated carbocycles. The van der Waals surface area contributed by atoms with Crippen LogP contribution in [0.1, 0.15) is 41.0 Å². The molecule has 2 aromatic carbocycles. The van der Waals surface area contributed by atoms with Crippen molar-refractivity contribution in [2.24, 2.45) is 0 Å². The number of hydrogen-bond donors (Lipinski definition) is 1. The first-order valence-corrected chi connectivity index (χ1v) is 9.80. The number of nitrogens with zero attached hydrogens (tertiary/aromatic N) is 3. The molecule has 0 saturated heterocycles. The maximum Gasteiger partial charge on any atom is 0.274 e. The molecule has 1 aliphatic rings. The van der Waals surface area contributed by atoms with E-state index in [0.29, 0.717) is 11.3 Å². The third kappa shape index (κ3) is 3.89. The Morgan fingerprint density at radius 1 is 1.07 bits per heavy atom. The molecule has 0 fully saturated rings. The summed E-state index contributed by atoms with van der Waals surface area (Å²) < 4.78 is 2.15. The average Bonchev–Trinajstić information content (AvgIpc) is 2.94. The lowest BCUT2D eigenvalue weighted by Crippen LogP contribution is -2.25. The molecule has 0 unspecified atom stereocenters. The van der Waals surface area contributed by atoms with Gasteiger partial charge in [-0.3, -0.25) is 14.9 Å². The Labute approximate surface area is 168 Å². The summed E-state index contributed by atoms with van der Waals surface area (Å²) in [5.41, 5.74) is 2.82. The molecule has 0 aliphatic carbocycles. The highest BCUT2D eigenvalue weighted by atomic mass is 16.6. The van der Waals surface area contributed by atoms with Crippen molar-refractivity contribution < 1.29 is 9.72 Å². The van der Waals surface area contributed by atoms with Crippen molar-refractivity contribution in [1.29, 1.82) is 0 Å². The Bertz CT molecular complexity index is 1040. The van der Waals surface area contributed by atoms with Crippen LogP contribution < -0.4 is 5.32 Å². The monoisotopic (exact) mass is 390 g/mol. The first-order chi connectivity index (χ1) is 14.1. The van der Waals surface area contributed by atoms with Crippen molar-refractivity contribution >= 4 is 11.6 Å². The Kier molecular flexibility index (Phi) is 5.37. The minimum atomic E-state index is -0.433. The van der Waals surface area contributed by atoms with Gasteiger partial charge in [0.1, 0.15) is 11.5 Å². The molecule has 7 heteroatoms. The minimum Gasteiger partial charge on any atom is -0.346 e. The molecule has 1 N–H and O–H groups in total.